The molecule has 1 aromatic carbocycles. The van der Waals surface area contributed by atoms with Crippen molar-refractivity contribution in [2.75, 3.05) is 0 Å². The van der Waals surface area contributed by atoms with Crippen LogP contribution >= 0.6 is 11.3 Å². The Kier molecular flexibility index (Phi) is 3.73. The van der Waals surface area contributed by atoms with E-state index in [1.165, 1.54) is 12.1 Å². The number of benzene rings is 1. The van der Waals surface area contributed by atoms with Crippen molar-refractivity contribution in [3.63, 3.8) is 0 Å². The molecule has 3 heterocycles. The summed E-state index contributed by atoms with van der Waals surface area (Å²) in [6.45, 7) is 0.457. The van der Waals surface area contributed by atoms with Crippen LogP contribution in [0.15, 0.2) is 24.3 Å². The summed E-state index contributed by atoms with van der Waals surface area (Å²) >= 11 is 1.57. The molecule has 6 heteroatoms. The zero-order valence-corrected chi connectivity index (χ0v) is 13.5. The molecule has 23 heavy (non-hydrogen) atoms. The lowest BCUT2D eigenvalue weighted by atomic mass is 10.0. The molecule has 2 N–H and O–H groups in total. The van der Waals surface area contributed by atoms with Crippen molar-refractivity contribution < 1.29 is 14.3 Å². The number of fused-ring (bicyclic) bond motifs is 3. The van der Waals surface area contributed by atoms with Gasteiger partial charge in [-0.3, -0.25) is 0 Å². The Morgan fingerprint density at radius 1 is 1.30 bits per heavy atom. The molecule has 2 fully saturated rings. The van der Waals surface area contributed by atoms with Crippen molar-refractivity contribution in [2.45, 2.75) is 50.4 Å². The van der Waals surface area contributed by atoms with Gasteiger partial charge in [0.1, 0.15) is 5.82 Å². The number of aliphatic hydroxyl groups excluding tert-OH is 1. The van der Waals surface area contributed by atoms with Crippen LogP contribution in [0, 0.1) is 5.82 Å². The van der Waals surface area contributed by atoms with E-state index in [-0.39, 0.29) is 30.0 Å². The Bertz CT molecular complexity index is 733. The first kappa shape index (κ1) is 14.9. The van der Waals surface area contributed by atoms with E-state index in [0.717, 1.165) is 27.8 Å². The standard InChI is InChI=1S/C17H19FN2O2S/c18-11-1-4-16-10(5-11)6-15(23-16)9-19-17(22)20-12-2-3-13(20)8-14(21)7-12/h1,4-6,12-14,21H,2-3,7-9H2,(H,19,22)/t12-,13-/m0/s1. The molecule has 2 bridgehead atoms. The number of halogens is 1. The SMILES string of the molecule is O=C(NCc1cc2cc(F)ccc2s1)N1[C@H]2CC[C@H]1CC(O)C2. The monoisotopic (exact) mass is 334 g/mol. The number of aliphatic hydroxyl groups is 1. The lowest BCUT2D eigenvalue weighted by Gasteiger charge is -2.37. The maximum absolute atomic E-state index is 13.2. The van der Waals surface area contributed by atoms with E-state index in [0.29, 0.717) is 19.4 Å². The molecule has 2 atom stereocenters. The van der Waals surface area contributed by atoms with Crippen LogP contribution in [-0.2, 0) is 6.54 Å². The van der Waals surface area contributed by atoms with Crippen molar-refractivity contribution in [3.8, 4) is 0 Å². The molecule has 2 aliphatic rings. The Labute approximate surface area is 137 Å². The van der Waals surface area contributed by atoms with Crippen molar-refractivity contribution in [1.29, 1.82) is 0 Å². The van der Waals surface area contributed by atoms with Gasteiger partial charge in [-0.1, -0.05) is 0 Å². The predicted octanol–water partition coefficient (Wildman–Crippen LogP) is 3.24. The third kappa shape index (κ3) is 2.81. The molecule has 0 radical (unpaired) electrons. The van der Waals surface area contributed by atoms with Gasteiger partial charge in [0.05, 0.1) is 12.6 Å². The predicted molar refractivity (Wildman–Crippen MR) is 87.9 cm³/mol. The first-order valence-electron chi connectivity index (χ1n) is 8.02. The maximum Gasteiger partial charge on any atom is 0.318 e. The normalized spacial score (nSPS) is 26.7. The highest BCUT2D eigenvalue weighted by molar-refractivity contribution is 7.19. The van der Waals surface area contributed by atoms with Gasteiger partial charge in [-0.2, -0.15) is 0 Å². The number of urea groups is 1. The Balaban J connectivity index is 1.43. The number of amides is 2. The first-order valence-corrected chi connectivity index (χ1v) is 8.84. The summed E-state index contributed by atoms with van der Waals surface area (Å²) in [6.07, 6.45) is 3.07. The van der Waals surface area contributed by atoms with Gasteiger partial charge in [0, 0.05) is 21.7 Å². The van der Waals surface area contributed by atoms with Crippen molar-refractivity contribution in [2.24, 2.45) is 0 Å². The number of hydrogen-bond donors (Lipinski definition) is 2. The van der Waals surface area contributed by atoms with Crippen LogP contribution in [0.3, 0.4) is 0 Å². The van der Waals surface area contributed by atoms with Crippen LogP contribution in [0.5, 0.6) is 0 Å². The highest BCUT2D eigenvalue weighted by Gasteiger charge is 2.42. The molecule has 0 spiro atoms. The van der Waals surface area contributed by atoms with Gasteiger partial charge in [0.25, 0.3) is 0 Å². The van der Waals surface area contributed by atoms with Gasteiger partial charge < -0.3 is 15.3 Å². The third-order valence-corrected chi connectivity index (χ3v) is 6.00. The number of nitrogens with zero attached hydrogens (tertiary/aromatic N) is 1. The van der Waals surface area contributed by atoms with E-state index in [1.807, 2.05) is 11.0 Å². The van der Waals surface area contributed by atoms with Gasteiger partial charge in [-0.05, 0) is 55.3 Å². The molecule has 122 valence electrons. The second kappa shape index (κ2) is 5.76. The van der Waals surface area contributed by atoms with Crippen LogP contribution in [0.4, 0.5) is 9.18 Å². The molecular formula is C17H19FN2O2S. The molecule has 2 aromatic rings. The third-order valence-electron chi connectivity index (χ3n) is 4.89. The molecule has 0 unspecified atom stereocenters. The summed E-state index contributed by atoms with van der Waals surface area (Å²) in [7, 11) is 0. The summed E-state index contributed by atoms with van der Waals surface area (Å²) in [5, 5.41) is 13.7. The van der Waals surface area contributed by atoms with E-state index >= 15 is 0 Å². The summed E-state index contributed by atoms with van der Waals surface area (Å²) in [5.74, 6) is -0.241. The Morgan fingerprint density at radius 2 is 2.04 bits per heavy atom. The molecule has 2 amide bonds. The Morgan fingerprint density at radius 3 is 2.78 bits per heavy atom. The molecular weight excluding hydrogens is 315 g/mol. The fourth-order valence-electron chi connectivity index (χ4n) is 3.89. The summed E-state index contributed by atoms with van der Waals surface area (Å²) in [5.41, 5.74) is 0. The average Bonchev–Trinajstić information content (AvgIpc) is 3.03. The fourth-order valence-corrected chi connectivity index (χ4v) is 4.87. The Hall–Kier alpha value is -1.66. The molecule has 4 rings (SSSR count). The lowest BCUT2D eigenvalue weighted by Crippen LogP contribution is -2.51. The van der Waals surface area contributed by atoms with E-state index in [2.05, 4.69) is 5.32 Å². The second-order valence-electron chi connectivity index (χ2n) is 6.47. The molecule has 4 nitrogen and oxygen atoms in total. The molecule has 2 aliphatic heterocycles. The number of rotatable bonds is 2. The summed E-state index contributed by atoms with van der Waals surface area (Å²) < 4.78 is 14.3. The zero-order valence-electron chi connectivity index (χ0n) is 12.7. The van der Waals surface area contributed by atoms with Crippen LogP contribution in [0.1, 0.15) is 30.6 Å². The second-order valence-corrected chi connectivity index (χ2v) is 7.64. The van der Waals surface area contributed by atoms with Gasteiger partial charge >= 0.3 is 6.03 Å². The summed E-state index contributed by atoms with van der Waals surface area (Å²) in [6, 6.07) is 6.96. The lowest BCUT2D eigenvalue weighted by molar-refractivity contribution is 0.0542. The number of nitrogens with one attached hydrogen (secondary N) is 1. The molecule has 0 saturated carbocycles. The van der Waals surface area contributed by atoms with Crippen LogP contribution in [-0.4, -0.2) is 34.2 Å². The van der Waals surface area contributed by atoms with E-state index in [9.17, 15) is 14.3 Å². The van der Waals surface area contributed by atoms with Crippen LogP contribution < -0.4 is 5.32 Å². The smallest absolute Gasteiger partial charge is 0.318 e. The van der Waals surface area contributed by atoms with Crippen molar-refractivity contribution in [3.05, 3.63) is 35.0 Å². The van der Waals surface area contributed by atoms with Gasteiger partial charge in [0.15, 0.2) is 0 Å². The van der Waals surface area contributed by atoms with Crippen LogP contribution in [0.25, 0.3) is 10.1 Å². The number of carbonyl (C=O) groups excluding carboxylic acids is 1. The topological polar surface area (TPSA) is 52.6 Å². The minimum absolute atomic E-state index is 0.0481. The van der Waals surface area contributed by atoms with Crippen molar-refractivity contribution >= 4 is 27.5 Å². The van der Waals surface area contributed by atoms with Gasteiger partial charge in [-0.15, -0.1) is 11.3 Å². The quantitative estimate of drug-likeness (QED) is 0.886. The van der Waals surface area contributed by atoms with Crippen molar-refractivity contribution in [1.82, 2.24) is 10.2 Å². The first-order chi connectivity index (χ1) is 11.1. The van der Waals surface area contributed by atoms with E-state index in [4.69, 9.17) is 0 Å². The number of thiophene rings is 1. The van der Waals surface area contributed by atoms with Gasteiger partial charge in [-0.25, -0.2) is 9.18 Å². The minimum Gasteiger partial charge on any atom is -0.393 e. The van der Waals surface area contributed by atoms with Crippen LogP contribution in [0.2, 0.25) is 0 Å². The molecule has 0 aliphatic carbocycles. The van der Waals surface area contributed by atoms with E-state index < -0.39 is 0 Å². The number of carbonyl (C=O) groups is 1. The maximum atomic E-state index is 13.2. The largest absolute Gasteiger partial charge is 0.393 e. The number of hydrogen-bond acceptors (Lipinski definition) is 3. The summed E-state index contributed by atoms with van der Waals surface area (Å²) in [4.78, 5) is 15.4. The number of piperidine rings is 1. The minimum atomic E-state index is -0.269. The fraction of sp³-hybridized carbons (Fsp3) is 0.471. The van der Waals surface area contributed by atoms with Gasteiger partial charge in [0.2, 0.25) is 0 Å². The average molecular weight is 334 g/mol. The zero-order chi connectivity index (χ0) is 16.0. The van der Waals surface area contributed by atoms with E-state index in [1.54, 1.807) is 17.4 Å². The molecule has 1 aromatic heterocycles. The highest BCUT2D eigenvalue weighted by atomic mass is 32.1. The highest BCUT2D eigenvalue weighted by Crippen LogP contribution is 2.35. The molecule has 2 saturated heterocycles.